The molecule has 2 N–H and O–H groups in total. The molecule has 11 heteroatoms. The van der Waals surface area contributed by atoms with Crippen LogP contribution in [0.3, 0.4) is 0 Å². The molecule has 1 rings (SSSR count). The fourth-order valence-corrected chi connectivity index (χ4v) is 6.55. The molecule has 1 aromatic carbocycles. The molecule has 0 saturated carbocycles. The molecule has 0 aliphatic heterocycles. The van der Waals surface area contributed by atoms with Crippen molar-refractivity contribution in [3.63, 3.8) is 0 Å². The molecule has 0 spiro atoms. The van der Waals surface area contributed by atoms with E-state index in [1.165, 1.54) is 6.07 Å². The van der Waals surface area contributed by atoms with Gasteiger partial charge in [-0.05, 0) is 17.7 Å². The van der Waals surface area contributed by atoms with Crippen LogP contribution >= 0.6 is 21.9 Å². The van der Waals surface area contributed by atoms with Crippen LogP contribution in [0, 0.1) is 0 Å². The van der Waals surface area contributed by atoms with Crippen LogP contribution in [0.25, 0.3) is 0 Å². The summed E-state index contributed by atoms with van der Waals surface area (Å²) in [6, 6.07) is 6.11. The molecular weight excluding hydrogens is 381 g/mol. The molecule has 0 heterocycles. The molecule has 0 saturated heterocycles. The van der Waals surface area contributed by atoms with Gasteiger partial charge in [0.2, 0.25) is 0 Å². The molecule has 0 fully saturated rings. The van der Waals surface area contributed by atoms with Gasteiger partial charge >= 0.3 is 15.6 Å². The molecule has 134 valence electrons. The molecule has 0 amide bonds. The van der Waals surface area contributed by atoms with E-state index in [1.54, 1.807) is 18.2 Å². The highest BCUT2D eigenvalue weighted by atomic mass is 35.5. The van der Waals surface area contributed by atoms with Crippen molar-refractivity contribution in [2.75, 3.05) is 24.7 Å². The van der Waals surface area contributed by atoms with Gasteiger partial charge in [0.25, 0.3) is 0 Å². The maximum atomic E-state index is 12.6. The van der Waals surface area contributed by atoms with E-state index in [0.29, 0.717) is 10.6 Å². The molecule has 0 aliphatic rings. The smallest absolute Gasteiger partial charge is 0.395 e. The molecule has 0 unspecified atom stereocenters. The largest absolute Gasteiger partial charge is 0.523 e. The fraction of sp³-hybridized carbons (Fsp3) is 0.500. The van der Waals surface area contributed by atoms with Gasteiger partial charge in [-0.15, -0.1) is 10.3 Å². The number of hydrogen-bond donors (Lipinski definition) is 2. The van der Waals surface area contributed by atoms with E-state index < -0.39 is 39.1 Å². The summed E-state index contributed by atoms with van der Waals surface area (Å²) in [6.07, 6.45) is 0. The van der Waals surface area contributed by atoms with Crippen LogP contribution in [-0.4, -0.2) is 48.9 Å². The van der Waals surface area contributed by atoms with Crippen LogP contribution in [-0.2, 0) is 19.5 Å². The first-order valence-electron chi connectivity index (χ1n) is 6.30. The zero-order valence-electron chi connectivity index (χ0n) is 11.8. The highest BCUT2D eigenvalue weighted by Gasteiger charge is 2.50. The molecule has 0 bridgehead atoms. The van der Waals surface area contributed by atoms with Crippen molar-refractivity contribution in [1.29, 1.82) is 0 Å². The Labute approximate surface area is 138 Å². The van der Waals surface area contributed by atoms with Gasteiger partial charge in [0.05, 0.1) is 13.2 Å². The topological polar surface area (TPSA) is 83.8 Å². The quantitative estimate of drug-likeness (QED) is 0.659. The molecule has 0 aliphatic carbocycles. The molecule has 23 heavy (non-hydrogen) atoms. The number of aliphatic hydroxyl groups is 2. The van der Waals surface area contributed by atoms with Gasteiger partial charge in [-0.25, -0.2) is 3.63 Å². The maximum Gasteiger partial charge on any atom is 0.523 e. The minimum atomic E-state index is -5.85. The van der Waals surface area contributed by atoms with Crippen molar-refractivity contribution in [3.05, 3.63) is 34.9 Å². The third kappa shape index (κ3) is 5.80. The lowest BCUT2D eigenvalue weighted by Crippen LogP contribution is -2.30. The zero-order chi connectivity index (χ0) is 17.7. The molecule has 0 radical (unpaired) electrons. The normalized spacial score (nSPS) is 14.0. The highest BCUT2D eigenvalue weighted by Crippen LogP contribution is 2.54. The van der Waals surface area contributed by atoms with E-state index in [9.17, 15) is 21.6 Å². The molecule has 5 nitrogen and oxygen atoms in total. The van der Waals surface area contributed by atoms with E-state index in [1.807, 2.05) is 0 Å². The average molecular weight is 397 g/mol. The Kier molecular flexibility index (Phi) is 7.17. The van der Waals surface area contributed by atoms with Gasteiger partial charge in [0.1, 0.15) is 0 Å². The van der Waals surface area contributed by atoms with Crippen molar-refractivity contribution < 1.29 is 35.4 Å². The van der Waals surface area contributed by atoms with Gasteiger partial charge in [-0.2, -0.15) is 21.6 Å². The van der Waals surface area contributed by atoms with Gasteiger partial charge in [0.15, 0.2) is 0 Å². The molecule has 0 aromatic heterocycles. The summed E-state index contributed by atoms with van der Waals surface area (Å²) in [5.74, 6) is -0.839. The Morgan fingerprint density at radius 3 is 2.13 bits per heavy atom. The van der Waals surface area contributed by atoms with Gasteiger partial charge in [-0.1, -0.05) is 23.7 Å². The summed E-state index contributed by atoms with van der Waals surface area (Å²) in [4.78, 5) is 0. The van der Waals surface area contributed by atoms with Crippen LogP contribution < -0.4 is 0 Å². The Bertz CT molecular complexity index is 615. The van der Waals surface area contributed by atoms with Gasteiger partial charge in [-0.3, -0.25) is 0 Å². The number of hydrogen-bond acceptors (Lipinski definition) is 5. The van der Waals surface area contributed by atoms with E-state index in [2.05, 4.69) is 3.63 Å². The third-order valence-corrected chi connectivity index (χ3v) is 8.15. The molecule has 1 aromatic rings. The first kappa shape index (κ1) is 20.5. The van der Waals surface area contributed by atoms with E-state index in [-0.39, 0.29) is 17.3 Å². The van der Waals surface area contributed by atoms with Crippen molar-refractivity contribution in [1.82, 2.24) is 0 Å². The van der Waals surface area contributed by atoms with E-state index in [0.717, 1.165) is 0 Å². The third-order valence-electron chi connectivity index (χ3n) is 2.76. The monoisotopic (exact) mass is 396 g/mol. The van der Waals surface area contributed by atoms with E-state index in [4.69, 9.17) is 21.8 Å². The standard InChI is InChI=1S/C12H16ClF3O5S2/c13-11-3-1-2-10(8-11)9-22(6-4-17,7-5-18)21-23(19,20)12(14,15)16/h1-3,8,17-18H,4-7,9H2. The Balaban J connectivity index is 3.21. The summed E-state index contributed by atoms with van der Waals surface area (Å²) in [6.45, 7) is -1.16. The Morgan fingerprint density at radius 1 is 1.13 bits per heavy atom. The van der Waals surface area contributed by atoms with Crippen molar-refractivity contribution >= 4 is 32.0 Å². The van der Waals surface area contributed by atoms with Crippen molar-refractivity contribution in [2.45, 2.75) is 11.3 Å². The van der Waals surface area contributed by atoms with Crippen LogP contribution in [0.5, 0.6) is 0 Å². The SMILES string of the molecule is O=S(=O)(OS(CCO)(CCO)Cc1cccc(Cl)c1)C(F)(F)F. The van der Waals surface area contributed by atoms with E-state index >= 15 is 0 Å². The fourth-order valence-electron chi connectivity index (χ4n) is 1.83. The number of halogens is 4. The lowest BCUT2D eigenvalue weighted by molar-refractivity contribution is -0.0496. The van der Waals surface area contributed by atoms with Crippen molar-refractivity contribution in [3.8, 4) is 0 Å². The number of rotatable bonds is 8. The second-order valence-corrected chi connectivity index (χ2v) is 9.95. The summed E-state index contributed by atoms with van der Waals surface area (Å²) < 4.78 is 65.0. The van der Waals surface area contributed by atoms with Crippen LogP contribution in [0.4, 0.5) is 13.2 Å². The Morgan fingerprint density at radius 2 is 1.70 bits per heavy atom. The lowest BCUT2D eigenvalue weighted by Gasteiger charge is -2.37. The predicted octanol–water partition coefficient (Wildman–Crippen LogP) is 2.41. The number of alkyl halides is 3. The van der Waals surface area contributed by atoms with Crippen LogP contribution in [0.2, 0.25) is 5.02 Å². The van der Waals surface area contributed by atoms with Crippen LogP contribution in [0.1, 0.15) is 5.56 Å². The summed E-state index contributed by atoms with van der Waals surface area (Å²) in [5.41, 5.74) is -5.13. The predicted molar refractivity (Wildman–Crippen MR) is 82.7 cm³/mol. The summed E-state index contributed by atoms with van der Waals surface area (Å²) in [5, 5.41) is 18.6. The lowest BCUT2D eigenvalue weighted by atomic mass is 10.2. The van der Waals surface area contributed by atoms with Crippen LogP contribution in [0.15, 0.2) is 24.3 Å². The molecule has 0 atom stereocenters. The molecular formula is C12H16ClF3O5S2. The first-order chi connectivity index (χ1) is 10.6. The first-order valence-corrected chi connectivity index (χ1v) is 10.2. The Hall–Kier alpha value is -0.520. The number of benzene rings is 1. The van der Waals surface area contributed by atoms with Gasteiger partial charge in [0, 0.05) is 22.3 Å². The maximum absolute atomic E-state index is 12.6. The summed E-state index contributed by atoms with van der Waals surface area (Å²) in [7, 11) is -8.82. The second-order valence-electron chi connectivity index (χ2n) is 4.56. The summed E-state index contributed by atoms with van der Waals surface area (Å²) >= 11 is 5.80. The van der Waals surface area contributed by atoms with Gasteiger partial charge < -0.3 is 10.2 Å². The highest BCUT2D eigenvalue weighted by molar-refractivity contribution is 8.32. The second kappa shape index (κ2) is 8.04. The number of aliphatic hydroxyl groups excluding tert-OH is 2. The zero-order valence-corrected chi connectivity index (χ0v) is 14.2. The van der Waals surface area contributed by atoms with Crippen molar-refractivity contribution in [2.24, 2.45) is 0 Å². The average Bonchev–Trinajstić information content (AvgIpc) is 2.37. The minimum absolute atomic E-state index is 0.190. The minimum Gasteiger partial charge on any atom is -0.395 e.